The first kappa shape index (κ1) is 25.8. The summed E-state index contributed by atoms with van der Waals surface area (Å²) < 4.78 is 7.16. The fourth-order valence-electron chi connectivity index (χ4n) is 4.89. The highest BCUT2D eigenvalue weighted by Gasteiger charge is 2.23. The number of aromatic nitrogens is 2. The first-order valence-electron chi connectivity index (χ1n) is 12.7. The van der Waals surface area contributed by atoms with Crippen molar-refractivity contribution in [3.8, 4) is 5.75 Å². The van der Waals surface area contributed by atoms with E-state index in [1.807, 2.05) is 12.1 Å². The van der Waals surface area contributed by atoms with Crippen LogP contribution in [0.15, 0.2) is 76.6 Å². The Balaban J connectivity index is 1.55. The predicted octanol–water partition coefficient (Wildman–Crippen LogP) is 5.51. The number of carboxylic acid groups (broad SMARTS) is 1. The topological polar surface area (TPSA) is 137 Å². The third kappa shape index (κ3) is 5.54. The highest BCUT2D eigenvalue weighted by Crippen LogP contribution is 2.33. The van der Waals surface area contributed by atoms with E-state index in [0.29, 0.717) is 27.9 Å². The summed E-state index contributed by atoms with van der Waals surface area (Å²) in [5, 5.41) is 26.0. The van der Waals surface area contributed by atoms with Crippen LogP contribution in [0.1, 0.15) is 65.3 Å². The van der Waals surface area contributed by atoms with E-state index in [1.54, 1.807) is 30.3 Å². The third-order valence-electron chi connectivity index (χ3n) is 6.84. The molecule has 4 aromatic rings. The van der Waals surface area contributed by atoms with E-state index >= 15 is 0 Å². The second-order valence-corrected chi connectivity index (χ2v) is 9.43. The molecular formula is C29H26N4O6. The molecule has 0 radical (unpaired) electrons. The summed E-state index contributed by atoms with van der Waals surface area (Å²) in [7, 11) is 0. The van der Waals surface area contributed by atoms with Crippen LogP contribution in [0.4, 0.5) is 5.69 Å². The molecule has 1 N–H and O–H groups in total. The molecule has 1 aliphatic carbocycles. The number of hydrogen-bond acceptors (Lipinski definition) is 7. The predicted molar refractivity (Wildman–Crippen MR) is 146 cm³/mol. The molecule has 0 saturated heterocycles. The number of fused-ring (bicyclic) bond motifs is 1. The second kappa shape index (κ2) is 11.3. The minimum Gasteiger partial charge on any atom is -0.481 e. The van der Waals surface area contributed by atoms with Crippen molar-refractivity contribution in [3.05, 3.63) is 110 Å². The number of carboxylic acids is 1. The molecule has 10 nitrogen and oxygen atoms in total. The van der Waals surface area contributed by atoms with Crippen molar-refractivity contribution < 1.29 is 19.6 Å². The van der Waals surface area contributed by atoms with E-state index in [4.69, 9.17) is 9.72 Å². The Labute approximate surface area is 223 Å². The average molecular weight is 527 g/mol. The number of nitro benzene ring substituents is 1. The Morgan fingerprint density at radius 3 is 2.64 bits per heavy atom. The molecule has 0 aliphatic heterocycles. The van der Waals surface area contributed by atoms with E-state index < -0.39 is 10.9 Å². The highest BCUT2D eigenvalue weighted by molar-refractivity contribution is 5.88. The molecule has 1 heterocycles. The third-order valence-corrected chi connectivity index (χ3v) is 6.84. The van der Waals surface area contributed by atoms with Gasteiger partial charge in [0, 0.05) is 17.5 Å². The standard InChI is InChI=1S/C29H26N4O6/c34-28-23-13-4-5-14-24(23)31-27(20-9-2-1-3-10-20)32(28)30-17-22-12-7-15-25(33(37)38)26(22)39-18-19-8-6-11-21(16-19)29(35)36/h4-8,11-17,20H,1-3,9-10,18H2,(H,35,36). The fourth-order valence-corrected chi connectivity index (χ4v) is 4.89. The molecule has 1 aromatic heterocycles. The van der Waals surface area contributed by atoms with Gasteiger partial charge in [-0.2, -0.15) is 9.78 Å². The van der Waals surface area contributed by atoms with Crippen molar-refractivity contribution in [2.75, 3.05) is 0 Å². The minimum absolute atomic E-state index is 0.0343. The molecule has 10 heteroatoms. The summed E-state index contributed by atoms with van der Waals surface area (Å²) in [6.07, 6.45) is 6.41. The normalized spacial score (nSPS) is 14.1. The summed E-state index contributed by atoms with van der Waals surface area (Å²) >= 11 is 0. The van der Waals surface area contributed by atoms with Crippen molar-refractivity contribution in [1.82, 2.24) is 9.66 Å². The van der Waals surface area contributed by atoms with Crippen molar-refractivity contribution in [1.29, 1.82) is 0 Å². The summed E-state index contributed by atoms with van der Waals surface area (Å²) in [6.45, 7) is -0.0996. The van der Waals surface area contributed by atoms with Gasteiger partial charge in [0.25, 0.3) is 5.56 Å². The maximum Gasteiger partial charge on any atom is 0.335 e. The van der Waals surface area contributed by atoms with Crippen LogP contribution in [0.3, 0.4) is 0 Å². The first-order valence-corrected chi connectivity index (χ1v) is 12.7. The maximum absolute atomic E-state index is 13.5. The number of carbonyl (C=O) groups is 1. The van der Waals surface area contributed by atoms with Gasteiger partial charge in [0.05, 0.1) is 27.6 Å². The Kier molecular flexibility index (Phi) is 7.44. The van der Waals surface area contributed by atoms with Crippen molar-refractivity contribution in [2.45, 2.75) is 44.6 Å². The van der Waals surface area contributed by atoms with Gasteiger partial charge in [-0.15, -0.1) is 0 Å². The number of nitrogens with zero attached hydrogens (tertiary/aromatic N) is 4. The van der Waals surface area contributed by atoms with E-state index in [1.165, 1.54) is 35.2 Å². The number of rotatable bonds is 8. The molecule has 198 valence electrons. The lowest BCUT2D eigenvalue weighted by atomic mass is 9.88. The molecule has 0 amide bonds. The largest absolute Gasteiger partial charge is 0.481 e. The molecular weight excluding hydrogens is 500 g/mol. The van der Waals surface area contributed by atoms with Crippen LogP contribution in [0.25, 0.3) is 10.9 Å². The van der Waals surface area contributed by atoms with Crippen LogP contribution in [-0.2, 0) is 6.61 Å². The minimum atomic E-state index is -1.08. The monoisotopic (exact) mass is 526 g/mol. The molecule has 39 heavy (non-hydrogen) atoms. The van der Waals surface area contributed by atoms with Crippen LogP contribution < -0.4 is 10.3 Å². The molecule has 0 bridgehead atoms. The molecule has 5 rings (SSSR count). The smallest absolute Gasteiger partial charge is 0.335 e. The summed E-state index contributed by atoms with van der Waals surface area (Å²) in [5.41, 5.74) is 0.940. The Morgan fingerprint density at radius 1 is 1.10 bits per heavy atom. The number of para-hydroxylation sites is 2. The van der Waals surface area contributed by atoms with Gasteiger partial charge < -0.3 is 9.84 Å². The summed E-state index contributed by atoms with van der Waals surface area (Å²) in [6, 6.07) is 17.7. The van der Waals surface area contributed by atoms with E-state index in [-0.39, 0.29) is 35.1 Å². The van der Waals surface area contributed by atoms with Crippen LogP contribution in [0.2, 0.25) is 0 Å². The van der Waals surface area contributed by atoms with E-state index in [9.17, 15) is 24.8 Å². The summed E-state index contributed by atoms with van der Waals surface area (Å²) in [5.74, 6) is -0.463. The van der Waals surface area contributed by atoms with Gasteiger partial charge in [-0.3, -0.25) is 14.9 Å². The number of hydrogen-bond donors (Lipinski definition) is 1. The first-order chi connectivity index (χ1) is 18.9. The Hall–Kier alpha value is -4.86. The van der Waals surface area contributed by atoms with Crippen LogP contribution >= 0.6 is 0 Å². The van der Waals surface area contributed by atoms with Gasteiger partial charge in [0.1, 0.15) is 12.4 Å². The average Bonchev–Trinajstić information content (AvgIpc) is 2.96. The number of aromatic carboxylic acids is 1. The van der Waals surface area contributed by atoms with Gasteiger partial charge in [-0.25, -0.2) is 9.78 Å². The highest BCUT2D eigenvalue weighted by atomic mass is 16.6. The molecule has 0 atom stereocenters. The SMILES string of the molecule is O=C(O)c1cccc(COc2c(C=Nn3c(C4CCCCC4)nc4ccccc4c3=O)cccc2[N+](=O)[O-])c1. The van der Waals surface area contributed by atoms with Gasteiger partial charge in [-0.1, -0.05) is 49.6 Å². The molecule has 0 spiro atoms. The zero-order valence-corrected chi connectivity index (χ0v) is 21.0. The molecule has 3 aromatic carbocycles. The second-order valence-electron chi connectivity index (χ2n) is 9.43. The van der Waals surface area contributed by atoms with E-state index in [0.717, 1.165) is 32.1 Å². The Morgan fingerprint density at radius 2 is 1.87 bits per heavy atom. The van der Waals surface area contributed by atoms with E-state index in [2.05, 4.69) is 5.10 Å². The molecule has 1 saturated carbocycles. The molecule has 1 fully saturated rings. The van der Waals surface area contributed by atoms with Crippen LogP contribution in [0.5, 0.6) is 5.75 Å². The number of ether oxygens (including phenoxy) is 1. The van der Waals surface area contributed by atoms with Gasteiger partial charge >= 0.3 is 11.7 Å². The summed E-state index contributed by atoms with van der Waals surface area (Å²) in [4.78, 5) is 40.9. The lowest BCUT2D eigenvalue weighted by Crippen LogP contribution is -2.25. The number of nitro groups is 1. The molecule has 0 unspecified atom stereocenters. The zero-order valence-electron chi connectivity index (χ0n) is 21.0. The lowest BCUT2D eigenvalue weighted by Gasteiger charge is -2.22. The zero-order chi connectivity index (χ0) is 27.4. The number of benzene rings is 3. The van der Waals surface area contributed by atoms with Crippen molar-refractivity contribution in [2.24, 2.45) is 5.10 Å². The maximum atomic E-state index is 13.5. The van der Waals surface area contributed by atoms with Gasteiger partial charge in [0.15, 0.2) is 0 Å². The lowest BCUT2D eigenvalue weighted by molar-refractivity contribution is -0.385. The van der Waals surface area contributed by atoms with Crippen LogP contribution in [-0.4, -0.2) is 31.9 Å². The van der Waals surface area contributed by atoms with Gasteiger partial charge in [-0.05, 0) is 48.7 Å². The van der Waals surface area contributed by atoms with Crippen LogP contribution in [0, 0.1) is 10.1 Å². The van der Waals surface area contributed by atoms with Crippen molar-refractivity contribution >= 4 is 28.8 Å². The van der Waals surface area contributed by atoms with Gasteiger partial charge in [0.2, 0.25) is 5.75 Å². The van der Waals surface area contributed by atoms with Crippen molar-refractivity contribution in [3.63, 3.8) is 0 Å². The fraction of sp³-hybridized carbons (Fsp3) is 0.241. The Bertz CT molecular complexity index is 1640. The quantitative estimate of drug-likeness (QED) is 0.181. The molecule has 1 aliphatic rings.